The van der Waals surface area contributed by atoms with Crippen molar-refractivity contribution in [2.45, 2.75) is 71.4 Å². The number of azide groups is 1. The topological polar surface area (TPSA) is 187 Å². The van der Waals surface area contributed by atoms with Crippen LogP contribution in [0.5, 0.6) is 0 Å². The van der Waals surface area contributed by atoms with Gasteiger partial charge in [-0.1, -0.05) is 32.3 Å². The maximum absolute atomic E-state index is 13.5. The van der Waals surface area contributed by atoms with E-state index in [0.29, 0.717) is 12.0 Å². The fraction of sp³-hybridized carbons (Fsp3) is 0.750. The van der Waals surface area contributed by atoms with Gasteiger partial charge in [-0.2, -0.15) is 0 Å². The third-order valence-electron chi connectivity index (χ3n) is 5.45. The fourth-order valence-electron chi connectivity index (χ4n) is 3.41. The number of ether oxygens (including phenoxy) is 2. The first-order valence-electron chi connectivity index (χ1n) is 11.3. The largest absolute Gasteiger partial charge is 0.468 e. The lowest BCUT2D eigenvalue weighted by Gasteiger charge is -2.27. The first-order valence-corrected chi connectivity index (χ1v) is 12.9. The first kappa shape index (κ1) is 28.8. The molecule has 1 fully saturated rings. The lowest BCUT2D eigenvalue weighted by Crippen LogP contribution is -2.41. The molecule has 5 atom stereocenters. The molecule has 0 saturated carbocycles. The number of aromatic nitrogens is 2. The minimum Gasteiger partial charge on any atom is -0.468 e. The number of nitrogens with one attached hydrogen (secondary N) is 2. The van der Waals surface area contributed by atoms with Crippen molar-refractivity contribution in [3.05, 3.63) is 43.0 Å². The van der Waals surface area contributed by atoms with E-state index in [2.05, 4.69) is 20.1 Å². The number of H-pyrrole nitrogens is 1. The SMILES string of the molecule is CCCCOP(=O)(NC(C(=O)OC)C(C)C)OC[C@H]1O[C@@H](n2cc(C)c(=O)[nH]c2=O)C[C@@H]1N=[N+]=[N-]. The quantitative estimate of drug-likeness (QED) is 0.0991. The molecule has 2 N–H and O–H groups in total. The summed E-state index contributed by atoms with van der Waals surface area (Å²) in [6.07, 6.45) is 1.13. The highest BCUT2D eigenvalue weighted by atomic mass is 31.2. The van der Waals surface area contributed by atoms with Crippen molar-refractivity contribution in [2.24, 2.45) is 11.0 Å². The Morgan fingerprint density at radius 3 is 2.74 bits per heavy atom. The van der Waals surface area contributed by atoms with Gasteiger partial charge < -0.3 is 9.47 Å². The Labute approximate surface area is 202 Å². The molecule has 0 spiro atoms. The molecule has 1 saturated heterocycles. The maximum Gasteiger partial charge on any atom is 0.406 e. The highest BCUT2D eigenvalue weighted by Crippen LogP contribution is 2.46. The average Bonchev–Trinajstić information content (AvgIpc) is 3.21. The van der Waals surface area contributed by atoms with Crippen LogP contribution in [0, 0.1) is 12.8 Å². The van der Waals surface area contributed by atoms with E-state index in [1.165, 1.54) is 24.8 Å². The van der Waals surface area contributed by atoms with Crippen LogP contribution in [0.4, 0.5) is 0 Å². The molecule has 196 valence electrons. The molecule has 1 aromatic heterocycles. The summed E-state index contributed by atoms with van der Waals surface area (Å²) in [5.74, 6) is -0.910. The van der Waals surface area contributed by atoms with Crippen LogP contribution < -0.4 is 16.3 Å². The fourth-order valence-corrected chi connectivity index (χ4v) is 5.09. The predicted molar refractivity (Wildman–Crippen MR) is 126 cm³/mol. The van der Waals surface area contributed by atoms with Gasteiger partial charge in [0.25, 0.3) is 5.56 Å². The number of nitrogens with zero attached hydrogens (tertiary/aromatic N) is 4. The van der Waals surface area contributed by atoms with Gasteiger partial charge in [0.1, 0.15) is 12.3 Å². The van der Waals surface area contributed by atoms with Gasteiger partial charge in [-0.05, 0) is 24.8 Å². The van der Waals surface area contributed by atoms with Crippen LogP contribution in [0.25, 0.3) is 10.4 Å². The van der Waals surface area contributed by atoms with Crippen LogP contribution in [-0.2, 0) is 27.9 Å². The third-order valence-corrected chi connectivity index (χ3v) is 7.05. The van der Waals surface area contributed by atoms with Crippen molar-refractivity contribution in [3.63, 3.8) is 0 Å². The van der Waals surface area contributed by atoms with Crippen LogP contribution in [-0.4, -0.2) is 54.0 Å². The normalized spacial score (nSPS) is 22.4. The molecule has 14 nitrogen and oxygen atoms in total. The molecule has 1 aliphatic rings. The molecular weight excluding hydrogens is 483 g/mol. The zero-order chi connectivity index (χ0) is 26.2. The predicted octanol–water partition coefficient (Wildman–Crippen LogP) is 2.54. The number of aromatic amines is 1. The Balaban J connectivity index is 2.24. The zero-order valence-corrected chi connectivity index (χ0v) is 21.4. The van der Waals surface area contributed by atoms with Crippen LogP contribution in [0.3, 0.4) is 0 Å². The summed E-state index contributed by atoms with van der Waals surface area (Å²) in [6, 6.07) is -1.71. The summed E-state index contributed by atoms with van der Waals surface area (Å²) < 4.78 is 36.5. The van der Waals surface area contributed by atoms with Crippen molar-refractivity contribution in [2.75, 3.05) is 20.3 Å². The Kier molecular flexibility index (Phi) is 10.7. The van der Waals surface area contributed by atoms with Gasteiger partial charge in [0, 0.05) is 23.1 Å². The van der Waals surface area contributed by atoms with Gasteiger partial charge in [0.05, 0.1) is 32.5 Å². The Hall–Kier alpha value is -2.47. The molecule has 0 radical (unpaired) electrons. The van der Waals surface area contributed by atoms with Crippen LogP contribution in [0.1, 0.15) is 51.8 Å². The van der Waals surface area contributed by atoms with E-state index in [0.717, 1.165) is 6.42 Å². The van der Waals surface area contributed by atoms with E-state index in [-0.39, 0.29) is 25.6 Å². The Morgan fingerprint density at radius 2 is 2.14 bits per heavy atom. The minimum atomic E-state index is -4.02. The monoisotopic (exact) mass is 516 g/mol. The van der Waals surface area contributed by atoms with Gasteiger partial charge >= 0.3 is 19.4 Å². The van der Waals surface area contributed by atoms with Crippen LogP contribution in [0.15, 0.2) is 20.9 Å². The highest BCUT2D eigenvalue weighted by molar-refractivity contribution is 7.51. The Bertz CT molecular complexity index is 1080. The highest BCUT2D eigenvalue weighted by Gasteiger charge is 2.40. The lowest BCUT2D eigenvalue weighted by atomic mass is 10.1. The van der Waals surface area contributed by atoms with E-state index in [1.807, 2.05) is 6.92 Å². The number of methoxy groups -OCH3 is 1. The molecule has 2 unspecified atom stereocenters. The summed E-state index contributed by atoms with van der Waals surface area (Å²) in [5.41, 5.74) is 8.08. The number of hydrogen-bond acceptors (Lipinski definition) is 9. The molecular formula is C20H33N6O8P. The van der Waals surface area contributed by atoms with Gasteiger partial charge in [0.15, 0.2) is 0 Å². The number of hydrogen-bond donors (Lipinski definition) is 2. The number of rotatable bonds is 13. The molecule has 35 heavy (non-hydrogen) atoms. The summed E-state index contributed by atoms with van der Waals surface area (Å²) in [6.45, 7) is 6.77. The standard InChI is InChI=1S/C20H33N6O8P/c1-6-7-8-32-35(30,24-17(12(2)3)19(28)31-5)33-11-15-14(23-25-21)9-16(34-15)26-10-13(4)18(27)22-20(26)29/h10,12,14-17H,6-9,11H2,1-5H3,(H,24,30)(H,22,27,29)/t14-,15+,16+,17?,35?/m0/s1. The molecule has 0 aromatic carbocycles. The first-order chi connectivity index (χ1) is 16.5. The average molecular weight is 516 g/mol. The minimum absolute atomic E-state index is 0.118. The number of aryl methyl sites for hydroxylation is 1. The van der Waals surface area contributed by atoms with Gasteiger partial charge in [-0.3, -0.25) is 28.2 Å². The number of carbonyl (C=O) groups excluding carboxylic acids is 1. The van der Waals surface area contributed by atoms with Gasteiger partial charge in [-0.15, -0.1) is 0 Å². The summed E-state index contributed by atoms with van der Waals surface area (Å²) >= 11 is 0. The van der Waals surface area contributed by atoms with Gasteiger partial charge in [0.2, 0.25) is 0 Å². The van der Waals surface area contributed by atoms with Crippen LogP contribution >= 0.6 is 7.75 Å². The Morgan fingerprint density at radius 1 is 1.43 bits per heavy atom. The molecule has 0 aliphatic carbocycles. The summed E-state index contributed by atoms with van der Waals surface area (Å²) in [7, 11) is -2.80. The van der Waals surface area contributed by atoms with E-state index < -0.39 is 49.4 Å². The summed E-state index contributed by atoms with van der Waals surface area (Å²) in [5, 5.41) is 6.38. The van der Waals surface area contributed by atoms with E-state index in [4.69, 9.17) is 24.1 Å². The van der Waals surface area contributed by atoms with Crippen molar-refractivity contribution in [1.29, 1.82) is 0 Å². The van der Waals surface area contributed by atoms with Crippen molar-refractivity contribution in [1.82, 2.24) is 14.6 Å². The van der Waals surface area contributed by atoms with Crippen molar-refractivity contribution >= 4 is 13.7 Å². The van der Waals surface area contributed by atoms with Crippen molar-refractivity contribution < 1.29 is 27.9 Å². The van der Waals surface area contributed by atoms with Crippen LogP contribution in [0.2, 0.25) is 0 Å². The van der Waals surface area contributed by atoms with Gasteiger partial charge in [-0.25, -0.2) is 14.4 Å². The lowest BCUT2D eigenvalue weighted by molar-refractivity contribution is -0.143. The number of unbranched alkanes of at least 4 members (excludes halogenated alkanes) is 1. The molecule has 1 aliphatic heterocycles. The molecule has 2 rings (SSSR count). The molecule has 0 amide bonds. The second kappa shape index (κ2) is 13.0. The van der Waals surface area contributed by atoms with E-state index in [9.17, 15) is 18.9 Å². The molecule has 15 heteroatoms. The maximum atomic E-state index is 13.5. The van der Waals surface area contributed by atoms with Crippen molar-refractivity contribution in [3.8, 4) is 0 Å². The zero-order valence-electron chi connectivity index (χ0n) is 20.5. The smallest absolute Gasteiger partial charge is 0.406 e. The van der Waals surface area contributed by atoms with E-state index >= 15 is 0 Å². The molecule has 0 bridgehead atoms. The second-order valence-corrected chi connectivity index (χ2v) is 10.2. The molecule has 2 heterocycles. The molecule has 1 aromatic rings. The van der Waals surface area contributed by atoms with E-state index in [1.54, 1.807) is 13.8 Å². The number of carbonyl (C=O) groups is 1. The number of esters is 1. The third kappa shape index (κ3) is 7.76. The second-order valence-electron chi connectivity index (χ2n) is 8.47. The summed E-state index contributed by atoms with van der Waals surface area (Å²) in [4.78, 5) is 41.2.